The molecule has 0 aliphatic heterocycles. The largest absolute Gasteiger partial charge is 0.478 e. The Kier molecular flexibility index (Phi) is 7.88. The monoisotopic (exact) mass is 477 g/mol. The lowest BCUT2D eigenvalue weighted by Gasteiger charge is -2.24. The Balaban J connectivity index is 1.79. The number of hydrogen-bond acceptors (Lipinski definition) is 4. The third kappa shape index (κ3) is 5.57. The zero-order valence-corrected chi connectivity index (χ0v) is 20.5. The molecule has 7 heteroatoms. The average molecular weight is 478 g/mol. The van der Waals surface area contributed by atoms with E-state index < -0.39 is 12.2 Å². The first-order chi connectivity index (χ1) is 16.9. The third-order valence-corrected chi connectivity index (χ3v) is 6.98. The van der Waals surface area contributed by atoms with Crippen molar-refractivity contribution in [2.24, 2.45) is 0 Å². The molecule has 186 valence electrons. The molecular formula is C28H35N3O4. The summed E-state index contributed by atoms with van der Waals surface area (Å²) in [7, 11) is 3.43. The SMILES string of the molecule is CN(C)C(=O)CCNC(O)Cn1c(-c2ccccc2)c(C2CCCCC2)c2cc(C(=O)O)ccc21. The van der Waals surface area contributed by atoms with E-state index in [2.05, 4.69) is 22.0 Å². The Labute approximate surface area is 206 Å². The minimum absolute atomic E-state index is 0.00173. The van der Waals surface area contributed by atoms with E-state index in [1.54, 1.807) is 26.2 Å². The van der Waals surface area contributed by atoms with Crippen LogP contribution in [0.2, 0.25) is 0 Å². The standard InChI is InChI=1S/C28H35N3O4/c1-30(2)25(33)15-16-29-24(32)18-31-23-14-13-21(28(34)35)17-22(23)26(19-9-5-3-6-10-19)27(31)20-11-7-4-8-12-20/h4,7-8,11-14,17,19,24,29,32H,3,5-6,9-10,15-16,18H2,1-2H3,(H,34,35). The first-order valence-corrected chi connectivity index (χ1v) is 12.4. The summed E-state index contributed by atoms with van der Waals surface area (Å²) in [6, 6.07) is 15.4. The number of aliphatic hydroxyl groups excluding tert-OH is 1. The van der Waals surface area contributed by atoms with Crippen molar-refractivity contribution in [3.63, 3.8) is 0 Å². The molecule has 1 aliphatic rings. The molecule has 1 atom stereocenters. The second-order valence-electron chi connectivity index (χ2n) is 9.62. The van der Waals surface area contributed by atoms with Crippen LogP contribution in [-0.2, 0) is 11.3 Å². The van der Waals surface area contributed by atoms with Gasteiger partial charge in [-0.3, -0.25) is 10.1 Å². The number of carbonyl (C=O) groups excluding carboxylic acids is 1. The van der Waals surface area contributed by atoms with Gasteiger partial charge in [-0.1, -0.05) is 49.6 Å². The Morgan fingerprint density at radius 1 is 1.09 bits per heavy atom. The molecule has 2 aromatic carbocycles. The summed E-state index contributed by atoms with van der Waals surface area (Å²) in [4.78, 5) is 25.3. The van der Waals surface area contributed by atoms with E-state index in [1.807, 2.05) is 24.3 Å². The van der Waals surface area contributed by atoms with Crippen molar-refractivity contribution in [3.8, 4) is 11.3 Å². The number of nitrogens with one attached hydrogen (secondary N) is 1. The van der Waals surface area contributed by atoms with Gasteiger partial charge in [-0.15, -0.1) is 0 Å². The number of benzene rings is 2. The van der Waals surface area contributed by atoms with Crippen LogP contribution in [0.4, 0.5) is 0 Å². The number of nitrogens with zero attached hydrogens (tertiary/aromatic N) is 2. The molecule has 1 amide bonds. The number of aliphatic hydroxyl groups is 1. The van der Waals surface area contributed by atoms with E-state index in [-0.39, 0.29) is 18.0 Å². The van der Waals surface area contributed by atoms with Gasteiger partial charge >= 0.3 is 5.97 Å². The Bertz CT molecular complexity index is 1180. The predicted molar refractivity (Wildman–Crippen MR) is 137 cm³/mol. The summed E-state index contributed by atoms with van der Waals surface area (Å²) in [5, 5.41) is 24.6. The third-order valence-electron chi connectivity index (χ3n) is 6.98. The maximum atomic E-state index is 11.9. The summed E-state index contributed by atoms with van der Waals surface area (Å²) in [6.45, 7) is 0.659. The van der Waals surface area contributed by atoms with Crippen LogP contribution in [0.25, 0.3) is 22.2 Å². The number of rotatable bonds is 9. The summed E-state index contributed by atoms with van der Waals surface area (Å²) in [6.07, 6.45) is 5.14. The smallest absolute Gasteiger partial charge is 0.335 e. The van der Waals surface area contributed by atoms with E-state index in [4.69, 9.17) is 0 Å². The lowest BCUT2D eigenvalue weighted by Crippen LogP contribution is -2.36. The Hall–Kier alpha value is -3.16. The maximum absolute atomic E-state index is 11.9. The molecule has 0 radical (unpaired) electrons. The Morgan fingerprint density at radius 3 is 2.46 bits per heavy atom. The fourth-order valence-electron chi connectivity index (χ4n) is 5.22. The van der Waals surface area contributed by atoms with Gasteiger partial charge in [0.2, 0.25) is 5.91 Å². The second-order valence-corrected chi connectivity index (χ2v) is 9.62. The van der Waals surface area contributed by atoms with Gasteiger partial charge in [-0.25, -0.2) is 4.79 Å². The minimum Gasteiger partial charge on any atom is -0.478 e. The molecule has 1 fully saturated rings. The lowest BCUT2D eigenvalue weighted by atomic mass is 9.81. The molecule has 3 N–H and O–H groups in total. The molecule has 0 spiro atoms. The first-order valence-electron chi connectivity index (χ1n) is 12.4. The number of carbonyl (C=O) groups is 2. The van der Waals surface area contributed by atoms with Crippen LogP contribution in [0.5, 0.6) is 0 Å². The molecular weight excluding hydrogens is 442 g/mol. The van der Waals surface area contributed by atoms with Gasteiger partial charge < -0.3 is 19.7 Å². The molecule has 0 saturated heterocycles. The highest BCUT2D eigenvalue weighted by molar-refractivity contribution is 5.98. The molecule has 35 heavy (non-hydrogen) atoms. The number of amides is 1. The van der Waals surface area contributed by atoms with Crippen molar-refractivity contribution in [3.05, 3.63) is 59.7 Å². The fraction of sp³-hybridized carbons (Fsp3) is 0.429. The number of fused-ring (bicyclic) bond motifs is 1. The van der Waals surface area contributed by atoms with Crippen molar-refractivity contribution in [2.75, 3.05) is 20.6 Å². The van der Waals surface area contributed by atoms with Crippen LogP contribution < -0.4 is 5.32 Å². The topological polar surface area (TPSA) is 94.8 Å². The first kappa shape index (κ1) is 24.9. The van der Waals surface area contributed by atoms with Gasteiger partial charge in [0.1, 0.15) is 6.23 Å². The van der Waals surface area contributed by atoms with Gasteiger partial charge in [0, 0.05) is 38.0 Å². The lowest BCUT2D eigenvalue weighted by molar-refractivity contribution is -0.128. The molecule has 3 aromatic rings. The number of aromatic carboxylic acids is 1. The number of carboxylic acid groups (broad SMARTS) is 1. The molecule has 4 rings (SSSR count). The van der Waals surface area contributed by atoms with Crippen LogP contribution in [0.15, 0.2) is 48.5 Å². The molecule has 0 bridgehead atoms. The molecule has 1 heterocycles. The number of carboxylic acids is 1. The molecule has 1 aromatic heterocycles. The van der Waals surface area contributed by atoms with Crippen LogP contribution in [0, 0.1) is 0 Å². The minimum atomic E-state index is -0.942. The number of aromatic nitrogens is 1. The van der Waals surface area contributed by atoms with Crippen LogP contribution >= 0.6 is 0 Å². The Morgan fingerprint density at radius 2 is 1.80 bits per heavy atom. The normalized spacial score (nSPS) is 15.3. The highest BCUT2D eigenvalue weighted by atomic mass is 16.4. The van der Waals surface area contributed by atoms with Gasteiger partial charge in [0.05, 0.1) is 17.8 Å². The van der Waals surface area contributed by atoms with E-state index >= 15 is 0 Å². The van der Waals surface area contributed by atoms with Crippen molar-refractivity contribution in [2.45, 2.75) is 57.2 Å². The molecule has 7 nitrogen and oxygen atoms in total. The van der Waals surface area contributed by atoms with Crippen LogP contribution in [0.1, 0.15) is 60.4 Å². The zero-order chi connectivity index (χ0) is 24.9. The summed E-state index contributed by atoms with van der Waals surface area (Å²) in [5.74, 6) is -0.598. The average Bonchev–Trinajstić information content (AvgIpc) is 3.18. The van der Waals surface area contributed by atoms with E-state index in [0.717, 1.165) is 47.8 Å². The second kappa shape index (κ2) is 11.1. The van der Waals surface area contributed by atoms with Gasteiger partial charge in [0.15, 0.2) is 0 Å². The number of hydrogen-bond donors (Lipinski definition) is 3. The predicted octanol–water partition coefficient (Wildman–Crippen LogP) is 4.44. The summed E-state index contributed by atoms with van der Waals surface area (Å²) >= 11 is 0. The van der Waals surface area contributed by atoms with Gasteiger partial charge in [-0.2, -0.15) is 0 Å². The summed E-state index contributed by atoms with van der Waals surface area (Å²) < 4.78 is 2.12. The van der Waals surface area contributed by atoms with Crippen molar-refractivity contribution in [1.82, 2.24) is 14.8 Å². The van der Waals surface area contributed by atoms with E-state index in [9.17, 15) is 19.8 Å². The zero-order valence-electron chi connectivity index (χ0n) is 20.5. The van der Waals surface area contributed by atoms with Crippen molar-refractivity contribution < 1.29 is 19.8 Å². The van der Waals surface area contributed by atoms with Crippen LogP contribution in [0.3, 0.4) is 0 Å². The van der Waals surface area contributed by atoms with Crippen LogP contribution in [-0.4, -0.2) is 58.4 Å². The molecule has 1 saturated carbocycles. The fourth-order valence-corrected chi connectivity index (χ4v) is 5.22. The van der Waals surface area contributed by atoms with E-state index in [1.165, 1.54) is 16.9 Å². The maximum Gasteiger partial charge on any atom is 0.335 e. The highest BCUT2D eigenvalue weighted by Gasteiger charge is 2.27. The van der Waals surface area contributed by atoms with Gasteiger partial charge in [0.25, 0.3) is 0 Å². The van der Waals surface area contributed by atoms with Crippen molar-refractivity contribution in [1.29, 1.82) is 0 Å². The molecule has 1 aliphatic carbocycles. The van der Waals surface area contributed by atoms with Crippen molar-refractivity contribution >= 4 is 22.8 Å². The molecule has 1 unspecified atom stereocenters. The quantitative estimate of drug-likeness (QED) is 0.396. The highest BCUT2D eigenvalue weighted by Crippen LogP contribution is 2.44. The van der Waals surface area contributed by atoms with Gasteiger partial charge in [-0.05, 0) is 48.1 Å². The van der Waals surface area contributed by atoms with E-state index in [0.29, 0.717) is 18.9 Å². The summed E-state index contributed by atoms with van der Waals surface area (Å²) in [5.41, 5.74) is 4.47.